The van der Waals surface area contributed by atoms with Crippen LogP contribution in [0.3, 0.4) is 0 Å². The molecular formula is C21H17BrN4O2. The van der Waals surface area contributed by atoms with Crippen molar-refractivity contribution < 1.29 is 9.53 Å². The number of nitrogens with zero attached hydrogens (tertiary/aromatic N) is 3. The van der Waals surface area contributed by atoms with Gasteiger partial charge in [-0.1, -0.05) is 58.4 Å². The Labute approximate surface area is 170 Å². The smallest absolute Gasteiger partial charge is 0.413 e. The molecule has 0 saturated heterocycles. The molecule has 0 aliphatic rings. The van der Waals surface area contributed by atoms with Gasteiger partial charge in [0.05, 0.1) is 6.20 Å². The summed E-state index contributed by atoms with van der Waals surface area (Å²) in [6.45, 7) is 1.84. The summed E-state index contributed by atoms with van der Waals surface area (Å²) < 4.78 is 8.30. The van der Waals surface area contributed by atoms with Gasteiger partial charge >= 0.3 is 6.09 Å². The van der Waals surface area contributed by atoms with Crippen LogP contribution in [0, 0.1) is 0 Å². The fourth-order valence-corrected chi connectivity index (χ4v) is 3.18. The molecule has 0 spiro atoms. The minimum Gasteiger partial charge on any atom is -0.441 e. The van der Waals surface area contributed by atoms with Gasteiger partial charge in [0.15, 0.2) is 5.65 Å². The van der Waals surface area contributed by atoms with Crippen molar-refractivity contribution in [2.75, 3.05) is 5.32 Å². The van der Waals surface area contributed by atoms with Crippen LogP contribution in [0.1, 0.15) is 18.6 Å². The molecule has 1 N–H and O–H groups in total. The number of fused-ring (bicyclic) bond motifs is 1. The number of amides is 1. The summed E-state index contributed by atoms with van der Waals surface area (Å²) in [6, 6.07) is 17.3. The molecule has 2 aromatic heterocycles. The summed E-state index contributed by atoms with van der Waals surface area (Å²) in [7, 11) is 0. The Morgan fingerprint density at radius 3 is 2.64 bits per heavy atom. The van der Waals surface area contributed by atoms with Crippen molar-refractivity contribution in [2.45, 2.75) is 13.0 Å². The molecule has 6 nitrogen and oxygen atoms in total. The van der Waals surface area contributed by atoms with Crippen LogP contribution < -0.4 is 5.32 Å². The van der Waals surface area contributed by atoms with Crippen molar-refractivity contribution in [3.05, 3.63) is 83.2 Å². The van der Waals surface area contributed by atoms with E-state index < -0.39 is 6.09 Å². The Bertz CT molecular complexity index is 1110. The fraction of sp³-hybridized carbons (Fsp3) is 0.0952. The molecule has 0 saturated carbocycles. The van der Waals surface area contributed by atoms with Gasteiger partial charge in [-0.05, 0) is 24.6 Å². The van der Waals surface area contributed by atoms with Gasteiger partial charge in [0.2, 0.25) is 0 Å². The number of halogens is 1. The molecular weight excluding hydrogens is 420 g/mol. The van der Waals surface area contributed by atoms with E-state index in [0.717, 1.165) is 15.6 Å². The number of benzene rings is 2. The number of aromatic nitrogens is 3. The lowest BCUT2D eigenvalue weighted by atomic mass is 10.1. The first-order valence-corrected chi connectivity index (χ1v) is 9.52. The number of hydrogen-bond acceptors (Lipinski definition) is 4. The second-order valence-corrected chi connectivity index (χ2v) is 7.12. The highest BCUT2D eigenvalue weighted by molar-refractivity contribution is 9.10. The largest absolute Gasteiger partial charge is 0.441 e. The van der Waals surface area contributed by atoms with Crippen LogP contribution in [0.15, 0.2) is 77.7 Å². The number of ether oxygens (including phenoxy) is 1. The second-order valence-electron chi connectivity index (χ2n) is 6.20. The molecule has 28 heavy (non-hydrogen) atoms. The van der Waals surface area contributed by atoms with E-state index in [-0.39, 0.29) is 6.10 Å². The molecule has 1 amide bonds. The number of carbonyl (C=O) groups excluding carboxylic acids is 1. The van der Waals surface area contributed by atoms with Crippen LogP contribution in [0.2, 0.25) is 0 Å². The molecule has 0 bridgehead atoms. The van der Waals surface area contributed by atoms with Gasteiger partial charge < -0.3 is 4.74 Å². The minimum atomic E-state index is -0.548. The number of carbonyl (C=O) groups is 1. The third kappa shape index (κ3) is 3.75. The lowest BCUT2D eigenvalue weighted by Crippen LogP contribution is -2.17. The molecule has 2 heterocycles. The van der Waals surface area contributed by atoms with E-state index in [0.29, 0.717) is 17.2 Å². The second kappa shape index (κ2) is 7.82. The Hall–Kier alpha value is -3.19. The van der Waals surface area contributed by atoms with Crippen molar-refractivity contribution in [2.24, 2.45) is 0 Å². The van der Waals surface area contributed by atoms with Crippen molar-refractivity contribution in [1.29, 1.82) is 0 Å². The number of nitrogens with one attached hydrogen (secondary N) is 1. The highest BCUT2D eigenvalue weighted by Crippen LogP contribution is 2.30. The van der Waals surface area contributed by atoms with Crippen molar-refractivity contribution in [3.63, 3.8) is 0 Å². The van der Waals surface area contributed by atoms with E-state index in [1.165, 1.54) is 0 Å². The van der Waals surface area contributed by atoms with E-state index >= 15 is 0 Å². The number of imidazole rings is 1. The van der Waals surface area contributed by atoms with Gasteiger partial charge in [-0.25, -0.2) is 9.78 Å². The molecule has 140 valence electrons. The first kappa shape index (κ1) is 18.2. The minimum absolute atomic E-state index is 0.377. The van der Waals surface area contributed by atoms with E-state index in [1.54, 1.807) is 23.0 Å². The zero-order valence-corrected chi connectivity index (χ0v) is 16.6. The standard InChI is InChI=1S/C21H17BrN4O2/c1-14(15-5-3-2-4-6-15)28-21(27)25-20-19(16-7-9-17(22)10-8-16)24-18-13-23-11-12-26(18)20/h2-14H,1H3,(H,25,27). The van der Waals surface area contributed by atoms with Gasteiger partial charge in [-0.3, -0.25) is 14.7 Å². The number of hydrogen-bond donors (Lipinski definition) is 1. The quantitative estimate of drug-likeness (QED) is 0.460. The van der Waals surface area contributed by atoms with Crippen LogP contribution in [0.25, 0.3) is 16.9 Å². The summed E-state index contributed by atoms with van der Waals surface area (Å²) in [4.78, 5) is 21.3. The van der Waals surface area contributed by atoms with Crippen molar-refractivity contribution in [3.8, 4) is 11.3 Å². The molecule has 7 heteroatoms. The van der Waals surface area contributed by atoms with E-state index in [2.05, 4.69) is 31.2 Å². The topological polar surface area (TPSA) is 68.5 Å². The van der Waals surface area contributed by atoms with E-state index in [4.69, 9.17) is 4.74 Å². The summed E-state index contributed by atoms with van der Waals surface area (Å²) in [5.74, 6) is 0.532. The fourth-order valence-electron chi connectivity index (χ4n) is 2.91. The maximum absolute atomic E-state index is 12.6. The van der Waals surface area contributed by atoms with Crippen LogP contribution >= 0.6 is 15.9 Å². The zero-order chi connectivity index (χ0) is 19.5. The van der Waals surface area contributed by atoms with E-state index in [1.807, 2.05) is 61.5 Å². The third-order valence-corrected chi connectivity index (χ3v) is 4.85. The monoisotopic (exact) mass is 436 g/mol. The van der Waals surface area contributed by atoms with Crippen molar-refractivity contribution >= 4 is 33.5 Å². The Kier molecular flexibility index (Phi) is 5.08. The average molecular weight is 437 g/mol. The lowest BCUT2D eigenvalue weighted by molar-refractivity contribution is 0.121. The Balaban J connectivity index is 1.64. The predicted octanol–water partition coefficient (Wildman–Crippen LogP) is 5.47. The molecule has 2 aromatic carbocycles. The normalized spacial score (nSPS) is 11.9. The molecule has 0 fully saturated rings. The van der Waals surface area contributed by atoms with Crippen molar-refractivity contribution in [1.82, 2.24) is 14.4 Å². The van der Waals surface area contributed by atoms with Gasteiger partial charge in [0, 0.05) is 22.4 Å². The van der Waals surface area contributed by atoms with Gasteiger partial charge in [0.1, 0.15) is 17.6 Å². The molecule has 1 unspecified atom stereocenters. The lowest BCUT2D eigenvalue weighted by Gasteiger charge is -2.14. The first-order valence-electron chi connectivity index (χ1n) is 8.72. The summed E-state index contributed by atoms with van der Waals surface area (Å²) in [5, 5.41) is 2.85. The van der Waals surface area contributed by atoms with Crippen LogP contribution in [-0.4, -0.2) is 20.5 Å². The SMILES string of the molecule is CC(OC(=O)Nc1c(-c2ccc(Br)cc2)nc2cnccn12)c1ccccc1. The van der Waals surface area contributed by atoms with Gasteiger partial charge in [-0.15, -0.1) is 0 Å². The van der Waals surface area contributed by atoms with Gasteiger partial charge in [-0.2, -0.15) is 0 Å². The first-order chi connectivity index (χ1) is 13.6. The molecule has 0 aliphatic heterocycles. The van der Waals surface area contributed by atoms with Crippen LogP contribution in [0.4, 0.5) is 10.6 Å². The van der Waals surface area contributed by atoms with E-state index in [9.17, 15) is 4.79 Å². The Morgan fingerprint density at radius 2 is 1.89 bits per heavy atom. The third-order valence-electron chi connectivity index (χ3n) is 4.32. The molecule has 4 aromatic rings. The zero-order valence-electron chi connectivity index (χ0n) is 15.0. The van der Waals surface area contributed by atoms with Crippen LogP contribution in [0.5, 0.6) is 0 Å². The highest BCUT2D eigenvalue weighted by atomic mass is 79.9. The summed E-state index contributed by atoms with van der Waals surface area (Å²) in [5.41, 5.74) is 3.07. The Morgan fingerprint density at radius 1 is 1.14 bits per heavy atom. The summed E-state index contributed by atoms with van der Waals surface area (Å²) >= 11 is 3.44. The molecule has 0 aliphatic carbocycles. The highest BCUT2D eigenvalue weighted by Gasteiger charge is 2.19. The molecule has 0 radical (unpaired) electrons. The van der Waals surface area contributed by atoms with Crippen LogP contribution in [-0.2, 0) is 4.74 Å². The van der Waals surface area contributed by atoms with Gasteiger partial charge in [0.25, 0.3) is 0 Å². The molecule has 1 atom stereocenters. The maximum atomic E-state index is 12.6. The maximum Gasteiger partial charge on any atom is 0.413 e. The molecule has 4 rings (SSSR count). The number of rotatable bonds is 4. The predicted molar refractivity (Wildman–Crippen MR) is 111 cm³/mol. The summed E-state index contributed by atoms with van der Waals surface area (Å²) in [6.07, 6.45) is 4.11. The average Bonchev–Trinajstić information content (AvgIpc) is 3.07. The number of anilines is 1.